The van der Waals surface area contributed by atoms with Gasteiger partial charge in [-0.05, 0) is 81.6 Å². The normalized spacial score (nSPS) is 14.4. The van der Waals surface area contributed by atoms with Crippen LogP contribution in [0.15, 0.2) is 203 Å². The molecular formula is C55H35N3OS. The zero-order chi connectivity index (χ0) is 39.6. The van der Waals surface area contributed by atoms with E-state index in [2.05, 4.69) is 186 Å². The van der Waals surface area contributed by atoms with Crippen molar-refractivity contribution >= 4 is 99.8 Å². The summed E-state index contributed by atoms with van der Waals surface area (Å²) in [6, 6.07) is 58.6. The summed E-state index contributed by atoms with van der Waals surface area (Å²) < 4.78 is 9.04. The van der Waals surface area contributed by atoms with Crippen molar-refractivity contribution in [3.8, 4) is 22.3 Å². The highest BCUT2D eigenvalue weighted by molar-refractivity contribution is 7.25. The second-order valence-electron chi connectivity index (χ2n) is 15.2. The molecule has 282 valence electrons. The lowest BCUT2D eigenvalue weighted by molar-refractivity contribution is 0.670. The standard InChI is InChI=1S/C55H35N3OS/c1-2-13-41-35(11-1)12-9-16-42(41)36-22-24-37(25-23-36)54(48-19-7-8-30-56-48)57-34-58-49-29-28-38(43-17-10-18-46-44-14-3-5-20-51(44)59-55(43)46)31-39(49)26-27-40-32-53-47(33-50(40)58)45-15-4-6-21-52(45)60-53/h1-34,56H/b54-48-,57-34+. The van der Waals surface area contributed by atoms with Crippen LogP contribution in [0.1, 0.15) is 16.7 Å². The average Bonchev–Trinajstić information content (AvgIpc) is 3.83. The fourth-order valence-electron chi connectivity index (χ4n) is 8.84. The van der Waals surface area contributed by atoms with Crippen molar-refractivity contribution in [2.75, 3.05) is 4.90 Å². The largest absolute Gasteiger partial charge is 0.455 e. The molecule has 2 aliphatic heterocycles. The number of hydrogen-bond acceptors (Lipinski definition) is 4. The van der Waals surface area contributed by atoms with E-state index < -0.39 is 0 Å². The lowest BCUT2D eigenvalue weighted by atomic mass is 9.97. The van der Waals surface area contributed by atoms with E-state index in [1.165, 1.54) is 42.1 Å². The summed E-state index contributed by atoms with van der Waals surface area (Å²) in [5.41, 5.74) is 13.4. The molecule has 0 atom stereocenters. The monoisotopic (exact) mass is 785 g/mol. The van der Waals surface area contributed by atoms with E-state index in [0.717, 1.165) is 72.5 Å². The number of nitrogens with zero attached hydrogens (tertiary/aromatic N) is 2. The molecule has 1 N–H and O–H groups in total. The molecule has 0 amide bonds. The van der Waals surface area contributed by atoms with Gasteiger partial charge in [-0.1, -0.05) is 146 Å². The SMILES string of the molecule is C1=CN/C(=C(\N=C\N2c3ccc(-c4cccc5c4oc4ccccc45)cc3C=Cc3cc4sc5ccccc5c4cc32)c2ccc(-c3cccc4ccccc34)cc2)C=C1. The zero-order valence-electron chi connectivity index (χ0n) is 32.3. The van der Waals surface area contributed by atoms with Gasteiger partial charge in [0.1, 0.15) is 17.5 Å². The molecule has 0 unspecified atom stereocenters. The Morgan fingerprint density at radius 3 is 2.17 bits per heavy atom. The molecule has 12 rings (SSSR count). The van der Waals surface area contributed by atoms with E-state index >= 15 is 0 Å². The van der Waals surface area contributed by atoms with Gasteiger partial charge in [-0.15, -0.1) is 11.3 Å². The van der Waals surface area contributed by atoms with Gasteiger partial charge in [-0.3, -0.25) is 4.90 Å². The van der Waals surface area contributed by atoms with E-state index in [0.29, 0.717) is 0 Å². The zero-order valence-corrected chi connectivity index (χ0v) is 33.2. The number of anilines is 2. The third-order valence-electron chi connectivity index (χ3n) is 11.8. The van der Waals surface area contributed by atoms with Crippen LogP contribution >= 0.6 is 11.3 Å². The molecule has 2 aromatic heterocycles. The summed E-state index contributed by atoms with van der Waals surface area (Å²) in [7, 11) is 0. The first-order valence-corrected chi connectivity index (χ1v) is 21.0. The molecule has 5 heteroatoms. The fraction of sp³-hybridized carbons (Fsp3) is 0. The molecule has 0 saturated heterocycles. The maximum absolute atomic E-state index is 6.50. The van der Waals surface area contributed by atoms with Gasteiger partial charge in [0, 0.05) is 53.8 Å². The summed E-state index contributed by atoms with van der Waals surface area (Å²) in [6.07, 6.45) is 14.6. The molecule has 0 aliphatic carbocycles. The summed E-state index contributed by atoms with van der Waals surface area (Å²) >= 11 is 1.84. The Labute approximate surface area is 350 Å². The van der Waals surface area contributed by atoms with E-state index in [1.807, 2.05) is 42.1 Å². The topological polar surface area (TPSA) is 40.8 Å². The van der Waals surface area contributed by atoms with Gasteiger partial charge >= 0.3 is 0 Å². The number of thiophene rings is 1. The van der Waals surface area contributed by atoms with Crippen LogP contribution < -0.4 is 10.2 Å². The van der Waals surface area contributed by atoms with Gasteiger partial charge in [0.25, 0.3) is 0 Å². The third kappa shape index (κ3) is 5.70. The van der Waals surface area contributed by atoms with Crippen LogP contribution in [0, 0.1) is 0 Å². The molecular weight excluding hydrogens is 751 g/mol. The van der Waals surface area contributed by atoms with Crippen LogP contribution in [-0.2, 0) is 0 Å². The number of rotatable bonds is 5. The minimum Gasteiger partial charge on any atom is -0.455 e. The van der Waals surface area contributed by atoms with Gasteiger partial charge in [-0.25, -0.2) is 4.99 Å². The highest BCUT2D eigenvalue weighted by Gasteiger charge is 2.22. The van der Waals surface area contributed by atoms with Crippen molar-refractivity contribution in [1.29, 1.82) is 0 Å². The second kappa shape index (κ2) is 14.0. The number of para-hydroxylation sites is 2. The number of nitrogens with one attached hydrogen (secondary N) is 1. The van der Waals surface area contributed by atoms with Crippen molar-refractivity contribution < 1.29 is 4.42 Å². The highest BCUT2D eigenvalue weighted by atomic mass is 32.1. The number of benzene rings is 8. The summed E-state index contributed by atoms with van der Waals surface area (Å²) in [6.45, 7) is 0. The first kappa shape index (κ1) is 34.3. The fourth-order valence-corrected chi connectivity index (χ4v) is 9.98. The van der Waals surface area contributed by atoms with E-state index in [4.69, 9.17) is 9.41 Å². The molecule has 60 heavy (non-hydrogen) atoms. The van der Waals surface area contributed by atoms with E-state index in [1.54, 1.807) is 0 Å². The summed E-state index contributed by atoms with van der Waals surface area (Å²) in [4.78, 5) is 7.66. The smallest absolute Gasteiger partial charge is 0.143 e. The molecule has 2 aliphatic rings. The molecule has 0 radical (unpaired) electrons. The van der Waals surface area contributed by atoms with Crippen LogP contribution in [0.25, 0.3) is 93.0 Å². The van der Waals surface area contributed by atoms with Crippen LogP contribution in [-0.4, -0.2) is 6.34 Å². The van der Waals surface area contributed by atoms with E-state index in [9.17, 15) is 0 Å². The minimum atomic E-state index is 0.843. The quantitative estimate of drug-likeness (QED) is 0.140. The van der Waals surface area contributed by atoms with Crippen molar-refractivity contribution in [1.82, 2.24) is 5.32 Å². The molecule has 0 bridgehead atoms. The molecule has 4 nitrogen and oxygen atoms in total. The van der Waals surface area contributed by atoms with Crippen molar-refractivity contribution in [3.63, 3.8) is 0 Å². The first-order valence-electron chi connectivity index (χ1n) is 20.2. The number of dihydropyridines is 1. The number of furan rings is 1. The van der Waals surface area contributed by atoms with Gasteiger partial charge in [0.05, 0.1) is 22.8 Å². The van der Waals surface area contributed by atoms with Crippen LogP contribution in [0.4, 0.5) is 11.4 Å². The predicted molar refractivity (Wildman–Crippen MR) is 256 cm³/mol. The number of allylic oxidation sites excluding steroid dienone is 3. The molecule has 0 fully saturated rings. The van der Waals surface area contributed by atoms with Crippen molar-refractivity contribution in [2.24, 2.45) is 4.99 Å². The maximum Gasteiger partial charge on any atom is 0.143 e. The lowest BCUT2D eigenvalue weighted by Crippen LogP contribution is -2.17. The van der Waals surface area contributed by atoms with Gasteiger partial charge in [-0.2, -0.15) is 0 Å². The molecule has 4 heterocycles. The van der Waals surface area contributed by atoms with Crippen LogP contribution in [0.2, 0.25) is 0 Å². The Hall–Kier alpha value is -7.73. The Bertz CT molecular complexity index is 3520. The first-order chi connectivity index (χ1) is 29.7. The third-order valence-corrected chi connectivity index (χ3v) is 12.9. The van der Waals surface area contributed by atoms with Gasteiger partial charge in [0.2, 0.25) is 0 Å². The Morgan fingerprint density at radius 2 is 1.28 bits per heavy atom. The second-order valence-corrected chi connectivity index (χ2v) is 16.3. The summed E-state index contributed by atoms with van der Waals surface area (Å²) in [5.74, 6) is 0. The van der Waals surface area contributed by atoms with Crippen molar-refractivity contribution in [2.45, 2.75) is 0 Å². The predicted octanol–water partition coefficient (Wildman–Crippen LogP) is 15.1. The Balaban J connectivity index is 1.01. The Morgan fingerprint density at radius 1 is 0.550 bits per heavy atom. The average molecular weight is 786 g/mol. The van der Waals surface area contributed by atoms with Crippen molar-refractivity contribution in [3.05, 3.63) is 211 Å². The summed E-state index contributed by atoms with van der Waals surface area (Å²) in [5, 5.41) is 10.7. The Kier molecular flexibility index (Phi) is 8.00. The number of aliphatic imine (C=N–C) groups is 1. The van der Waals surface area contributed by atoms with Gasteiger partial charge < -0.3 is 9.73 Å². The molecule has 10 aromatic rings. The molecule has 0 saturated carbocycles. The molecule has 8 aromatic carbocycles. The minimum absolute atomic E-state index is 0.843. The highest BCUT2D eigenvalue weighted by Crippen LogP contribution is 2.44. The van der Waals surface area contributed by atoms with E-state index in [-0.39, 0.29) is 0 Å². The number of fused-ring (bicyclic) bond motifs is 9. The van der Waals surface area contributed by atoms with Crippen LogP contribution in [0.3, 0.4) is 0 Å². The number of hydrogen-bond donors (Lipinski definition) is 1. The van der Waals surface area contributed by atoms with Gasteiger partial charge in [0.15, 0.2) is 0 Å². The molecule has 0 spiro atoms. The lowest BCUT2D eigenvalue weighted by Gasteiger charge is -2.23. The van der Waals surface area contributed by atoms with Crippen LogP contribution in [0.5, 0.6) is 0 Å². The maximum atomic E-state index is 6.50.